The second kappa shape index (κ2) is 8.09. The highest BCUT2D eigenvalue weighted by molar-refractivity contribution is 9.10. The van der Waals surface area contributed by atoms with Crippen molar-refractivity contribution in [1.29, 1.82) is 5.26 Å². The lowest BCUT2D eigenvalue weighted by atomic mass is 10.1. The molecule has 0 atom stereocenters. The van der Waals surface area contributed by atoms with Gasteiger partial charge in [0.25, 0.3) is 0 Å². The van der Waals surface area contributed by atoms with Gasteiger partial charge in [-0.25, -0.2) is 9.78 Å². The highest BCUT2D eigenvalue weighted by atomic mass is 79.9. The minimum Gasteiger partial charge on any atom is -0.465 e. The van der Waals surface area contributed by atoms with E-state index in [9.17, 15) is 10.1 Å². The Bertz CT molecular complexity index is 1000. The van der Waals surface area contributed by atoms with Gasteiger partial charge in [-0.3, -0.25) is 0 Å². The largest absolute Gasteiger partial charge is 0.465 e. The van der Waals surface area contributed by atoms with Crippen LogP contribution in [0.1, 0.15) is 20.9 Å². The first-order valence-corrected chi connectivity index (χ1v) is 9.30. The lowest BCUT2D eigenvalue weighted by molar-refractivity contribution is 0.0600. The van der Waals surface area contributed by atoms with Gasteiger partial charge >= 0.3 is 5.97 Å². The van der Waals surface area contributed by atoms with E-state index in [-0.39, 0.29) is 5.97 Å². The van der Waals surface area contributed by atoms with Gasteiger partial charge < -0.3 is 4.74 Å². The normalized spacial score (nSPS) is 11.0. The Kier molecular flexibility index (Phi) is 5.61. The molecule has 0 saturated carbocycles. The first-order chi connectivity index (χ1) is 12.6. The van der Waals surface area contributed by atoms with Gasteiger partial charge in [-0.15, -0.1) is 11.3 Å². The van der Waals surface area contributed by atoms with Crippen LogP contribution in [0.25, 0.3) is 22.9 Å². The summed E-state index contributed by atoms with van der Waals surface area (Å²) in [6.45, 7) is 0. The molecular formula is C20H13BrN2O2S. The Labute approximate surface area is 163 Å². The number of allylic oxidation sites excluding steroid dienone is 1. The Balaban J connectivity index is 1.87. The van der Waals surface area contributed by atoms with Crippen molar-refractivity contribution in [2.75, 3.05) is 7.11 Å². The molecular weight excluding hydrogens is 412 g/mol. The van der Waals surface area contributed by atoms with Crippen LogP contribution in [0.5, 0.6) is 0 Å². The van der Waals surface area contributed by atoms with E-state index in [0.29, 0.717) is 16.1 Å². The maximum absolute atomic E-state index is 11.5. The summed E-state index contributed by atoms with van der Waals surface area (Å²) in [5.41, 5.74) is 3.59. The van der Waals surface area contributed by atoms with E-state index in [0.717, 1.165) is 21.3 Å². The molecule has 0 fully saturated rings. The molecule has 3 aromatic rings. The van der Waals surface area contributed by atoms with E-state index in [1.54, 1.807) is 30.3 Å². The number of aromatic nitrogens is 1. The van der Waals surface area contributed by atoms with Crippen molar-refractivity contribution in [1.82, 2.24) is 4.98 Å². The lowest BCUT2D eigenvalue weighted by Gasteiger charge is -2.00. The first kappa shape index (κ1) is 18.1. The Morgan fingerprint density at radius 2 is 1.88 bits per heavy atom. The maximum Gasteiger partial charge on any atom is 0.337 e. The molecule has 1 aromatic heterocycles. The van der Waals surface area contributed by atoms with E-state index in [1.807, 2.05) is 29.6 Å². The van der Waals surface area contributed by atoms with Crippen molar-refractivity contribution in [3.05, 3.63) is 74.5 Å². The van der Waals surface area contributed by atoms with E-state index in [1.165, 1.54) is 18.4 Å². The fraction of sp³-hybridized carbons (Fsp3) is 0.0500. The van der Waals surface area contributed by atoms with Crippen LogP contribution in [0.2, 0.25) is 0 Å². The first-order valence-electron chi connectivity index (χ1n) is 7.62. The van der Waals surface area contributed by atoms with Crippen molar-refractivity contribution >= 4 is 44.9 Å². The number of hydrogen-bond donors (Lipinski definition) is 0. The average molecular weight is 425 g/mol. The van der Waals surface area contributed by atoms with Crippen molar-refractivity contribution < 1.29 is 9.53 Å². The van der Waals surface area contributed by atoms with Crippen molar-refractivity contribution in [3.8, 4) is 17.3 Å². The monoisotopic (exact) mass is 424 g/mol. The zero-order chi connectivity index (χ0) is 18.5. The average Bonchev–Trinajstić information content (AvgIpc) is 3.16. The van der Waals surface area contributed by atoms with Crippen LogP contribution in [0.15, 0.2) is 58.4 Å². The number of carbonyl (C=O) groups excluding carboxylic acids is 1. The van der Waals surface area contributed by atoms with Crippen molar-refractivity contribution in [2.24, 2.45) is 0 Å². The molecule has 0 aliphatic carbocycles. The second-order valence-electron chi connectivity index (χ2n) is 5.33. The quantitative estimate of drug-likeness (QED) is 0.414. The number of hydrogen-bond acceptors (Lipinski definition) is 5. The van der Waals surface area contributed by atoms with Gasteiger partial charge in [0.2, 0.25) is 0 Å². The number of esters is 1. The maximum atomic E-state index is 11.5. The molecule has 3 rings (SSSR count). The summed E-state index contributed by atoms with van der Waals surface area (Å²) in [7, 11) is 1.34. The number of nitriles is 1. The summed E-state index contributed by atoms with van der Waals surface area (Å²) in [6.07, 6.45) is 1.76. The zero-order valence-corrected chi connectivity index (χ0v) is 16.2. The molecule has 0 radical (unpaired) electrons. The fourth-order valence-electron chi connectivity index (χ4n) is 2.29. The fourth-order valence-corrected chi connectivity index (χ4v) is 3.35. The van der Waals surface area contributed by atoms with E-state index in [2.05, 4.69) is 31.7 Å². The molecule has 128 valence electrons. The number of thiazole rings is 1. The number of halogens is 1. The Morgan fingerprint density at radius 1 is 1.19 bits per heavy atom. The van der Waals surface area contributed by atoms with Crippen LogP contribution >= 0.6 is 27.3 Å². The van der Waals surface area contributed by atoms with Crippen LogP contribution < -0.4 is 0 Å². The molecule has 2 aromatic carbocycles. The van der Waals surface area contributed by atoms with Crippen LogP contribution in [-0.2, 0) is 4.74 Å². The summed E-state index contributed by atoms with van der Waals surface area (Å²) in [5, 5.41) is 12.1. The molecule has 4 nitrogen and oxygen atoms in total. The van der Waals surface area contributed by atoms with Crippen molar-refractivity contribution in [2.45, 2.75) is 0 Å². The molecule has 0 N–H and O–H groups in total. The smallest absolute Gasteiger partial charge is 0.337 e. The molecule has 0 amide bonds. The Morgan fingerprint density at radius 3 is 2.50 bits per heavy atom. The van der Waals surface area contributed by atoms with Crippen LogP contribution in [0.3, 0.4) is 0 Å². The molecule has 6 heteroatoms. The van der Waals surface area contributed by atoms with Crippen LogP contribution in [0.4, 0.5) is 0 Å². The number of methoxy groups -OCH3 is 1. The minimum atomic E-state index is -0.389. The van der Waals surface area contributed by atoms with E-state index < -0.39 is 0 Å². The van der Waals surface area contributed by atoms with E-state index in [4.69, 9.17) is 0 Å². The van der Waals surface area contributed by atoms with E-state index >= 15 is 0 Å². The number of carbonyl (C=O) groups is 1. The second-order valence-corrected chi connectivity index (χ2v) is 7.10. The summed E-state index contributed by atoms with van der Waals surface area (Å²) in [6, 6.07) is 16.9. The summed E-state index contributed by atoms with van der Waals surface area (Å²) < 4.78 is 5.69. The van der Waals surface area contributed by atoms with Crippen molar-refractivity contribution in [3.63, 3.8) is 0 Å². The molecule has 0 saturated heterocycles. The molecule has 0 spiro atoms. The Hall–Kier alpha value is -2.75. The number of nitrogens with zero attached hydrogens (tertiary/aromatic N) is 2. The van der Waals surface area contributed by atoms with Gasteiger partial charge in [0.1, 0.15) is 11.1 Å². The lowest BCUT2D eigenvalue weighted by Crippen LogP contribution is -2.00. The molecule has 0 bridgehead atoms. The molecule has 0 unspecified atom stereocenters. The predicted molar refractivity (Wildman–Crippen MR) is 107 cm³/mol. The third-order valence-corrected chi connectivity index (χ3v) is 5.04. The summed E-state index contributed by atoms with van der Waals surface area (Å²) >= 11 is 4.84. The number of rotatable bonds is 4. The van der Waals surface area contributed by atoms with Gasteiger partial charge in [0.15, 0.2) is 0 Å². The van der Waals surface area contributed by atoms with Crippen LogP contribution in [0, 0.1) is 11.3 Å². The third kappa shape index (κ3) is 4.07. The SMILES string of the molecule is COC(=O)c1ccc(/C=C(/C#N)c2nc(-c3ccc(Br)cc3)cs2)cc1. The molecule has 26 heavy (non-hydrogen) atoms. The van der Waals surface area contributed by atoms with Gasteiger partial charge in [0, 0.05) is 15.4 Å². The molecule has 1 heterocycles. The standard InChI is InChI=1S/C20H13BrN2O2S/c1-25-20(24)15-4-2-13(3-5-15)10-16(11-22)19-23-18(12-26-19)14-6-8-17(21)9-7-14/h2-10,12H,1H3/b16-10-. The summed E-state index contributed by atoms with van der Waals surface area (Å²) in [5.74, 6) is -0.389. The zero-order valence-electron chi connectivity index (χ0n) is 13.8. The predicted octanol–water partition coefficient (Wildman–Crippen LogP) is 5.42. The number of ether oxygens (including phenoxy) is 1. The third-order valence-electron chi connectivity index (χ3n) is 3.64. The number of benzene rings is 2. The van der Waals surface area contributed by atoms with Gasteiger partial charge in [-0.2, -0.15) is 5.26 Å². The highest BCUT2D eigenvalue weighted by Gasteiger charge is 2.10. The van der Waals surface area contributed by atoms with Gasteiger partial charge in [-0.1, -0.05) is 40.2 Å². The molecule has 0 aliphatic rings. The van der Waals surface area contributed by atoms with Crippen LogP contribution in [-0.4, -0.2) is 18.1 Å². The van der Waals surface area contributed by atoms with Gasteiger partial charge in [0.05, 0.1) is 23.9 Å². The topological polar surface area (TPSA) is 63.0 Å². The molecule has 0 aliphatic heterocycles. The minimum absolute atomic E-state index is 0.389. The van der Waals surface area contributed by atoms with Gasteiger partial charge in [-0.05, 0) is 35.9 Å². The summed E-state index contributed by atoms with van der Waals surface area (Å²) in [4.78, 5) is 16.1. The highest BCUT2D eigenvalue weighted by Crippen LogP contribution is 2.28.